The molecule has 0 aliphatic rings. The number of azo groups is 3. The Hall–Kier alpha value is -8.16. The molecule has 9 N–H and O–H groups in total. The maximum absolute atomic E-state index is 12.7. The molecule has 8 aromatic rings. The number of thiazole rings is 1. The second-order valence-electron chi connectivity index (χ2n) is 18.7. The molecule has 0 fully saturated rings. The van der Waals surface area contributed by atoms with Crippen LogP contribution in [-0.4, -0.2) is 133 Å². The van der Waals surface area contributed by atoms with Crippen LogP contribution in [0.4, 0.5) is 44.9 Å². The summed E-state index contributed by atoms with van der Waals surface area (Å²) in [6.07, 6.45) is -0.424. The van der Waals surface area contributed by atoms with Crippen LogP contribution in [0.3, 0.4) is 0 Å². The van der Waals surface area contributed by atoms with Crippen molar-refractivity contribution in [2.45, 2.75) is 65.0 Å². The van der Waals surface area contributed by atoms with E-state index >= 15 is 0 Å². The first-order valence-corrected chi connectivity index (χ1v) is 35.2. The number of pyridine rings is 1. The van der Waals surface area contributed by atoms with Crippen molar-refractivity contribution in [1.29, 1.82) is 5.26 Å². The highest BCUT2D eigenvalue weighted by Crippen LogP contribution is 2.46. The molecule has 5 aromatic carbocycles. The Kier molecular flexibility index (Phi) is 18.8. The fourth-order valence-electron chi connectivity index (χ4n) is 8.44. The SMILES string of the molecule is CC(=O)Nc1cc(N=Nc2cc(OCCCS(=O)(=O)O)c(N=Nc3c(C)c(C#N)c4nc5cc(S(=O)(=O)O)c(NC(C)=O)cc5n4c3O)cc2C)c(SCCCS(=O)(=O)O)cc1N=Nc1nc2c(S(=O)(=O)O)cc3c(S(=O)(=O)O)cc(S(=O)(=O)O)cc3c2s1. The quantitative estimate of drug-likeness (QED) is 0.0133. The molecule has 0 aliphatic carbocycles. The first kappa shape index (κ1) is 66.8. The summed E-state index contributed by atoms with van der Waals surface area (Å²) in [5, 5.41) is 50.9. The van der Waals surface area contributed by atoms with Gasteiger partial charge in [0.05, 0.1) is 55.8 Å². The molecule has 3 heterocycles. The van der Waals surface area contributed by atoms with Crippen LogP contribution in [0.2, 0.25) is 0 Å². The zero-order valence-corrected chi connectivity index (χ0v) is 52.0. The number of hydrogen-bond donors (Lipinski definition) is 9. The van der Waals surface area contributed by atoms with Gasteiger partial charge in [0, 0.05) is 41.1 Å². The van der Waals surface area contributed by atoms with Gasteiger partial charge >= 0.3 is 0 Å². The van der Waals surface area contributed by atoms with Crippen molar-refractivity contribution in [3.05, 3.63) is 71.3 Å². The van der Waals surface area contributed by atoms with E-state index < -0.39 is 137 Å². The maximum atomic E-state index is 12.7. The van der Waals surface area contributed by atoms with Crippen LogP contribution in [0.1, 0.15) is 43.4 Å². The van der Waals surface area contributed by atoms with Gasteiger partial charge in [-0.1, -0.05) is 11.3 Å². The molecule has 0 atom stereocenters. The number of carbonyl (C=O) groups is 2. The van der Waals surface area contributed by atoms with E-state index in [0.717, 1.165) is 48.2 Å². The summed E-state index contributed by atoms with van der Waals surface area (Å²) in [6, 6.07) is 10.8. The molecule has 2 amide bonds. The van der Waals surface area contributed by atoms with E-state index in [2.05, 4.69) is 51.3 Å². The van der Waals surface area contributed by atoms with E-state index in [1.54, 1.807) is 0 Å². The second kappa shape index (κ2) is 25.0. The molecule has 0 spiro atoms. The van der Waals surface area contributed by atoms with Crippen LogP contribution >= 0.6 is 23.1 Å². The first-order chi connectivity index (χ1) is 41.2. The molecular weight excluding hydrogens is 1340 g/mol. The van der Waals surface area contributed by atoms with Crippen LogP contribution in [0.25, 0.3) is 37.7 Å². The number of aromatic hydroxyl groups is 1. The number of benzene rings is 5. The first-order valence-electron chi connectivity index (χ1n) is 24.4. The number of nitrogens with zero attached hydrogens (tertiary/aromatic N) is 10. The van der Waals surface area contributed by atoms with Crippen LogP contribution in [0.5, 0.6) is 11.6 Å². The van der Waals surface area contributed by atoms with E-state index in [4.69, 9.17) is 4.74 Å². The number of fused-ring (bicyclic) bond motifs is 6. The molecule has 89 heavy (non-hydrogen) atoms. The van der Waals surface area contributed by atoms with Crippen LogP contribution < -0.4 is 15.4 Å². The van der Waals surface area contributed by atoms with Crippen molar-refractivity contribution in [2.24, 2.45) is 30.7 Å². The lowest BCUT2D eigenvalue weighted by molar-refractivity contribution is -0.115. The van der Waals surface area contributed by atoms with Gasteiger partial charge in [-0.3, -0.25) is 41.3 Å². The number of amides is 2. The molecule has 0 aliphatic heterocycles. The molecule has 0 bridgehead atoms. The summed E-state index contributed by atoms with van der Waals surface area (Å²) >= 11 is 1.39. The van der Waals surface area contributed by atoms with Crippen LogP contribution in [0.15, 0.2) is 110 Å². The van der Waals surface area contributed by atoms with Crippen molar-refractivity contribution in [3.8, 4) is 17.7 Å². The van der Waals surface area contributed by atoms with Crippen molar-refractivity contribution in [1.82, 2.24) is 14.4 Å². The Morgan fingerprint density at radius 3 is 1.87 bits per heavy atom. The highest BCUT2D eigenvalue weighted by molar-refractivity contribution is 7.99. The molecule has 0 unspecified atom stereocenters. The normalized spacial score (nSPS) is 13.0. The maximum Gasteiger partial charge on any atom is 0.296 e. The van der Waals surface area contributed by atoms with Crippen molar-refractivity contribution >= 4 is 178 Å². The molecule has 8 rings (SSSR count). The van der Waals surface area contributed by atoms with Crippen molar-refractivity contribution < 1.29 is 97.3 Å². The number of nitriles is 1. The summed E-state index contributed by atoms with van der Waals surface area (Å²) in [5.41, 5.74) is -2.22. The van der Waals surface area contributed by atoms with Crippen LogP contribution in [0, 0.1) is 25.2 Å². The standard InChI is InChI=1S/C47H42N12O22S8/c1-21-11-33(55-57-42-22(2)28(20-48)45-51-32-19-40(88(75,76)77)35(50-24(4)61)16-36(32)59(45)46(42)62)37(81-7-5-9-84(63,64)65)17-29(21)53-56-34-15-30(49-23(3)60)31(18-38(34)82-8-6-10-85(66,67)68)54-58-47-52-43-41(89(78,79)80)14-26-27(44(43)83-47)12-25(86(69,70)71)13-39(26)87(72,73)74/h11-19,62H,5-10H2,1-4H3,(H,49,60)(H,50,61)(H,63,64,65)(H,66,67,68)(H,69,70,71)(H,72,73,74)(H,75,76,77)(H,78,79,80). The molecule has 34 nitrogen and oxygen atoms in total. The topological polar surface area (TPSA) is 542 Å². The Bertz CT molecular complexity index is 5220. The fraction of sp³-hybridized carbons (Fsp3) is 0.213. The molecule has 3 aromatic heterocycles. The number of aromatic nitrogens is 3. The van der Waals surface area contributed by atoms with Gasteiger partial charge in [0.25, 0.3) is 60.7 Å². The third-order valence-corrected chi connectivity index (χ3v) is 19.4. The second-order valence-corrected chi connectivity index (χ2v) is 29.6. The zero-order valence-electron chi connectivity index (χ0n) is 45.4. The highest BCUT2D eigenvalue weighted by Gasteiger charge is 2.29. The van der Waals surface area contributed by atoms with E-state index in [1.165, 1.54) is 38.1 Å². The summed E-state index contributed by atoms with van der Waals surface area (Å²) in [5.74, 6) is -3.78. The van der Waals surface area contributed by atoms with Gasteiger partial charge in [0.1, 0.15) is 54.6 Å². The van der Waals surface area contributed by atoms with Crippen molar-refractivity contribution in [3.63, 3.8) is 0 Å². The summed E-state index contributed by atoms with van der Waals surface area (Å²) in [4.78, 5) is 29.3. The minimum absolute atomic E-state index is 0.00207. The van der Waals surface area contributed by atoms with Gasteiger partial charge < -0.3 is 20.5 Å². The largest absolute Gasteiger partial charge is 0.493 e. The number of hydrogen-bond acceptors (Lipinski definition) is 27. The predicted octanol–water partition coefficient (Wildman–Crippen LogP) is 8.62. The lowest BCUT2D eigenvalue weighted by Crippen LogP contribution is -2.11. The smallest absolute Gasteiger partial charge is 0.296 e. The summed E-state index contributed by atoms with van der Waals surface area (Å²) in [6.45, 7) is 4.68. The Morgan fingerprint density at radius 1 is 0.652 bits per heavy atom. The Balaban J connectivity index is 1.24. The number of aryl methyl sites for hydroxylation is 1. The van der Waals surface area contributed by atoms with E-state index in [0.29, 0.717) is 23.5 Å². The van der Waals surface area contributed by atoms with Crippen molar-refractivity contribution in [2.75, 3.05) is 34.5 Å². The number of rotatable bonds is 22. The Labute approximate surface area is 511 Å². The predicted molar refractivity (Wildman–Crippen MR) is 317 cm³/mol. The molecule has 0 radical (unpaired) electrons. The summed E-state index contributed by atoms with van der Waals surface area (Å²) < 4.78 is 211. The molecule has 470 valence electrons. The molecule has 0 saturated carbocycles. The highest BCUT2D eigenvalue weighted by atomic mass is 32.2. The fourth-order valence-corrected chi connectivity index (χ4v) is 14.2. The number of carbonyl (C=O) groups excluding carboxylic acids is 2. The van der Waals surface area contributed by atoms with Gasteiger partial charge in [-0.05, 0) is 86.5 Å². The number of anilines is 2. The minimum atomic E-state index is -5.37. The summed E-state index contributed by atoms with van der Waals surface area (Å²) in [7, 11) is -29.8. The average molecular weight is 1380 g/mol. The minimum Gasteiger partial charge on any atom is -0.493 e. The van der Waals surface area contributed by atoms with Gasteiger partial charge in [0.15, 0.2) is 11.3 Å². The van der Waals surface area contributed by atoms with E-state index in [9.17, 15) is 97.8 Å². The van der Waals surface area contributed by atoms with Gasteiger partial charge in [-0.15, -0.1) is 37.3 Å². The van der Waals surface area contributed by atoms with Gasteiger partial charge in [0.2, 0.25) is 22.8 Å². The lowest BCUT2D eigenvalue weighted by atomic mass is 10.1. The number of thioether (sulfide) groups is 1. The van der Waals surface area contributed by atoms with E-state index in [1.807, 2.05) is 6.07 Å². The molecular formula is C47H42N12O22S8. The average Bonchev–Trinajstić information content (AvgIpc) is 1.76. The van der Waals surface area contributed by atoms with E-state index in [-0.39, 0.29) is 108 Å². The third-order valence-electron chi connectivity index (χ3n) is 12.2. The number of nitrogens with one attached hydrogen (secondary N) is 2. The van der Waals surface area contributed by atoms with Gasteiger partial charge in [-0.25, -0.2) is 9.97 Å². The lowest BCUT2D eigenvalue weighted by Gasteiger charge is -2.13. The number of ether oxygens (including phenoxy) is 1. The Morgan fingerprint density at radius 2 is 1.26 bits per heavy atom. The van der Waals surface area contributed by atoms with Gasteiger partial charge in [-0.2, -0.15) is 60.9 Å². The number of imidazole rings is 1. The zero-order chi connectivity index (χ0) is 65.7. The monoisotopic (exact) mass is 1380 g/mol. The third kappa shape index (κ3) is 15.5. The van der Waals surface area contributed by atoms with Crippen LogP contribution in [-0.2, 0) is 70.3 Å². The molecule has 0 saturated heterocycles. The molecule has 42 heteroatoms.